The number of rotatable bonds is 2. The highest BCUT2D eigenvalue weighted by atomic mass is 35.5. The van der Waals surface area contributed by atoms with Gasteiger partial charge in [0.1, 0.15) is 5.82 Å². The van der Waals surface area contributed by atoms with Gasteiger partial charge >= 0.3 is 0 Å². The fourth-order valence-electron chi connectivity index (χ4n) is 2.12. The van der Waals surface area contributed by atoms with E-state index in [1.54, 1.807) is 0 Å². The standard InChI is InChI=1S/C15H20ClN3/c1-10-6-8-12(9-7-10)11(2)19-13(15(3,4)5)17-18-14(19)16/h6-9,11H,1-5H3. The average Bonchev–Trinajstić information content (AvgIpc) is 2.71. The third kappa shape index (κ3) is 2.81. The number of aromatic nitrogens is 3. The monoisotopic (exact) mass is 277 g/mol. The van der Waals surface area contributed by atoms with Crippen LogP contribution in [0.5, 0.6) is 0 Å². The SMILES string of the molecule is Cc1ccc(C(C)n2c(Cl)nnc2C(C)(C)C)cc1. The fourth-order valence-corrected chi connectivity index (χ4v) is 2.39. The highest BCUT2D eigenvalue weighted by Gasteiger charge is 2.26. The minimum Gasteiger partial charge on any atom is -0.294 e. The van der Waals surface area contributed by atoms with Crippen molar-refractivity contribution in [2.75, 3.05) is 0 Å². The van der Waals surface area contributed by atoms with E-state index in [4.69, 9.17) is 11.6 Å². The molecule has 1 aromatic carbocycles. The molecular formula is C15H20ClN3. The Morgan fingerprint density at radius 2 is 1.68 bits per heavy atom. The van der Waals surface area contributed by atoms with Crippen LogP contribution in [0.4, 0.5) is 0 Å². The highest BCUT2D eigenvalue weighted by molar-refractivity contribution is 6.28. The largest absolute Gasteiger partial charge is 0.294 e. The van der Waals surface area contributed by atoms with E-state index in [2.05, 4.69) is 69.1 Å². The Hall–Kier alpha value is -1.35. The van der Waals surface area contributed by atoms with Crippen LogP contribution in [-0.2, 0) is 5.41 Å². The Morgan fingerprint density at radius 3 is 2.21 bits per heavy atom. The van der Waals surface area contributed by atoms with Gasteiger partial charge in [0, 0.05) is 5.41 Å². The van der Waals surface area contributed by atoms with Crippen molar-refractivity contribution in [3.05, 3.63) is 46.5 Å². The summed E-state index contributed by atoms with van der Waals surface area (Å²) in [7, 11) is 0. The van der Waals surface area contributed by atoms with Crippen molar-refractivity contribution in [3.63, 3.8) is 0 Å². The van der Waals surface area contributed by atoms with Gasteiger partial charge in [-0.3, -0.25) is 4.57 Å². The Balaban J connectivity index is 2.47. The topological polar surface area (TPSA) is 30.7 Å². The Kier molecular flexibility index (Phi) is 3.68. The average molecular weight is 278 g/mol. The molecule has 2 aromatic rings. The van der Waals surface area contributed by atoms with Gasteiger partial charge in [0.05, 0.1) is 6.04 Å². The van der Waals surface area contributed by atoms with Crippen molar-refractivity contribution < 1.29 is 0 Å². The van der Waals surface area contributed by atoms with E-state index in [1.807, 2.05) is 4.57 Å². The fraction of sp³-hybridized carbons (Fsp3) is 0.467. The van der Waals surface area contributed by atoms with E-state index in [1.165, 1.54) is 11.1 Å². The molecule has 0 amide bonds. The second-order valence-electron chi connectivity index (χ2n) is 6.00. The molecule has 3 nitrogen and oxygen atoms in total. The summed E-state index contributed by atoms with van der Waals surface area (Å²) < 4.78 is 2.01. The van der Waals surface area contributed by atoms with Crippen LogP contribution in [0, 0.1) is 6.92 Å². The maximum Gasteiger partial charge on any atom is 0.225 e. The van der Waals surface area contributed by atoms with Crippen molar-refractivity contribution in [2.24, 2.45) is 0 Å². The van der Waals surface area contributed by atoms with Gasteiger partial charge < -0.3 is 0 Å². The first kappa shape index (κ1) is 14.1. The molecule has 0 radical (unpaired) electrons. The molecule has 0 N–H and O–H groups in total. The molecule has 1 aromatic heterocycles. The molecule has 1 heterocycles. The van der Waals surface area contributed by atoms with Gasteiger partial charge in [-0.15, -0.1) is 10.2 Å². The quantitative estimate of drug-likeness (QED) is 0.826. The van der Waals surface area contributed by atoms with Gasteiger partial charge in [-0.25, -0.2) is 0 Å². The zero-order valence-electron chi connectivity index (χ0n) is 12.1. The second-order valence-corrected chi connectivity index (χ2v) is 6.34. The van der Waals surface area contributed by atoms with Crippen LogP contribution in [-0.4, -0.2) is 14.8 Å². The maximum atomic E-state index is 6.22. The van der Waals surface area contributed by atoms with Gasteiger partial charge in [0.15, 0.2) is 0 Å². The molecule has 1 unspecified atom stereocenters. The third-order valence-electron chi connectivity index (χ3n) is 3.27. The molecule has 4 heteroatoms. The molecule has 1 atom stereocenters. The second kappa shape index (κ2) is 4.97. The van der Waals surface area contributed by atoms with Crippen molar-refractivity contribution in [1.82, 2.24) is 14.8 Å². The maximum absolute atomic E-state index is 6.22. The van der Waals surface area contributed by atoms with E-state index >= 15 is 0 Å². The number of hydrogen-bond acceptors (Lipinski definition) is 2. The summed E-state index contributed by atoms with van der Waals surface area (Å²) in [6.45, 7) is 10.6. The number of hydrogen-bond donors (Lipinski definition) is 0. The van der Waals surface area contributed by atoms with Gasteiger partial charge in [-0.1, -0.05) is 50.6 Å². The summed E-state index contributed by atoms with van der Waals surface area (Å²) in [6.07, 6.45) is 0. The van der Waals surface area contributed by atoms with Crippen LogP contribution in [0.2, 0.25) is 5.28 Å². The molecule has 2 rings (SSSR count). The Morgan fingerprint density at radius 1 is 1.11 bits per heavy atom. The van der Waals surface area contributed by atoms with E-state index in [0.29, 0.717) is 5.28 Å². The minimum absolute atomic E-state index is 0.0842. The van der Waals surface area contributed by atoms with Crippen LogP contribution in [0.25, 0.3) is 0 Å². The minimum atomic E-state index is -0.0842. The van der Waals surface area contributed by atoms with Crippen LogP contribution in [0.1, 0.15) is 50.7 Å². The molecule has 0 fully saturated rings. The molecule has 19 heavy (non-hydrogen) atoms. The lowest BCUT2D eigenvalue weighted by atomic mass is 9.95. The molecule has 0 saturated heterocycles. The molecule has 0 aliphatic carbocycles. The molecule has 0 saturated carbocycles. The molecule has 102 valence electrons. The van der Waals surface area contributed by atoms with Crippen LogP contribution in [0.15, 0.2) is 24.3 Å². The first-order valence-electron chi connectivity index (χ1n) is 6.48. The van der Waals surface area contributed by atoms with E-state index in [0.717, 1.165) is 5.82 Å². The number of benzene rings is 1. The lowest BCUT2D eigenvalue weighted by Crippen LogP contribution is -2.21. The number of aryl methyl sites for hydroxylation is 1. The zero-order chi connectivity index (χ0) is 14.2. The van der Waals surface area contributed by atoms with Crippen molar-refractivity contribution in [1.29, 1.82) is 0 Å². The predicted molar refractivity (Wildman–Crippen MR) is 78.7 cm³/mol. The van der Waals surface area contributed by atoms with Crippen LogP contribution < -0.4 is 0 Å². The molecular weight excluding hydrogens is 258 g/mol. The van der Waals surface area contributed by atoms with E-state index < -0.39 is 0 Å². The molecule has 0 spiro atoms. The zero-order valence-corrected chi connectivity index (χ0v) is 12.9. The predicted octanol–water partition coefficient (Wildman–Crippen LogP) is 4.15. The Labute approximate surface area is 119 Å². The first-order chi connectivity index (χ1) is 8.80. The van der Waals surface area contributed by atoms with Crippen LogP contribution >= 0.6 is 11.6 Å². The first-order valence-corrected chi connectivity index (χ1v) is 6.86. The van der Waals surface area contributed by atoms with Gasteiger partial charge in [-0.2, -0.15) is 0 Å². The summed E-state index contributed by atoms with van der Waals surface area (Å²) in [5.74, 6) is 0.908. The summed E-state index contributed by atoms with van der Waals surface area (Å²) in [5.41, 5.74) is 2.37. The van der Waals surface area contributed by atoms with Crippen molar-refractivity contribution in [2.45, 2.75) is 46.1 Å². The summed E-state index contributed by atoms with van der Waals surface area (Å²) >= 11 is 6.22. The van der Waals surface area contributed by atoms with Gasteiger partial charge in [-0.05, 0) is 31.0 Å². The summed E-state index contributed by atoms with van der Waals surface area (Å²) in [4.78, 5) is 0. The van der Waals surface area contributed by atoms with Crippen molar-refractivity contribution >= 4 is 11.6 Å². The highest BCUT2D eigenvalue weighted by Crippen LogP contribution is 2.29. The van der Waals surface area contributed by atoms with Crippen molar-refractivity contribution in [3.8, 4) is 0 Å². The summed E-state index contributed by atoms with van der Waals surface area (Å²) in [5, 5.41) is 8.70. The van der Waals surface area contributed by atoms with E-state index in [9.17, 15) is 0 Å². The number of halogens is 1. The third-order valence-corrected chi connectivity index (χ3v) is 3.53. The van der Waals surface area contributed by atoms with E-state index in [-0.39, 0.29) is 11.5 Å². The van der Waals surface area contributed by atoms with Gasteiger partial charge in [0.25, 0.3) is 0 Å². The molecule has 0 aliphatic rings. The lowest BCUT2D eigenvalue weighted by Gasteiger charge is -2.23. The normalized spacial score (nSPS) is 13.6. The lowest BCUT2D eigenvalue weighted by molar-refractivity contribution is 0.481. The van der Waals surface area contributed by atoms with Gasteiger partial charge in [0.2, 0.25) is 5.28 Å². The molecule has 0 aliphatic heterocycles. The Bertz CT molecular complexity index is 564. The van der Waals surface area contributed by atoms with Crippen LogP contribution in [0.3, 0.4) is 0 Å². The molecule has 0 bridgehead atoms. The smallest absolute Gasteiger partial charge is 0.225 e. The number of nitrogens with zero attached hydrogens (tertiary/aromatic N) is 3. The summed E-state index contributed by atoms with van der Waals surface area (Å²) in [6, 6.07) is 8.60.